The molecule has 0 fully saturated rings. The first-order valence-corrected chi connectivity index (χ1v) is 9.73. The van der Waals surface area contributed by atoms with Gasteiger partial charge >= 0.3 is 0 Å². The van der Waals surface area contributed by atoms with Crippen LogP contribution in [-0.4, -0.2) is 11.8 Å². The lowest BCUT2D eigenvalue weighted by Crippen LogP contribution is -2.11. The average molecular weight is 358 g/mol. The predicted octanol–water partition coefficient (Wildman–Crippen LogP) is 6.01. The molecule has 0 bridgehead atoms. The first-order valence-electron chi connectivity index (χ1n) is 9.73. The molecule has 3 rings (SSSR count). The predicted molar refractivity (Wildman–Crippen MR) is 110 cm³/mol. The minimum absolute atomic E-state index is 0.0285. The number of ether oxygens (including phenoxy) is 1. The van der Waals surface area contributed by atoms with E-state index in [0.29, 0.717) is 11.5 Å². The Morgan fingerprint density at radius 1 is 1.15 bits per heavy atom. The van der Waals surface area contributed by atoms with Gasteiger partial charge in [0.1, 0.15) is 17.6 Å². The van der Waals surface area contributed by atoms with E-state index in [2.05, 4.69) is 45.0 Å². The van der Waals surface area contributed by atoms with Gasteiger partial charge < -0.3 is 4.74 Å². The van der Waals surface area contributed by atoms with Crippen molar-refractivity contribution in [3.63, 3.8) is 0 Å². The van der Waals surface area contributed by atoms with Crippen molar-refractivity contribution < 1.29 is 4.74 Å². The Hall–Kier alpha value is -2.86. The van der Waals surface area contributed by atoms with Crippen molar-refractivity contribution in [2.75, 3.05) is 0 Å². The zero-order chi connectivity index (χ0) is 19.2. The summed E-state index contributed by atoms with van der Waals surface area (Å²) in [6, 6.07) is 18.2. The Bertz CT molecular complexity index is 890. The lowest BCUT2D eigenvalue weighted by molar-refractivity contribution is 0.374. The fourth-order valence-corrected chi connectivity index (χ4v) is 3.29. The van der Waals surface area contributed by atoms with Gasteiger partial charge in [0.15, 0.2) is 0 Å². The normalized spacial score (nSPS) is 17.0. The molecule has 138 valence electrons. The van der Waals surface area contributed by atoms with Crippen LogP contribution in [0.4, 0.5) is 0 Å². The summed E-state index contributed by atoms with van der Waals surface area (Å²) in [6.07, 6.45) is 5.05. The number of nitriles is 1. The molecule has 2 aromatic carbocycles. The molecule has 0 N–H and O–H groups in total. The van der Waals surface area contributed by atoms with E-state index in [1.165, 1.54) is 0 Å². The Kier molecular flexibility index (Phi) is 6.08. The summed E-state index contributed by atoms with van der Waals surface area (Å²) in [5, 5.41) is 9.29. The van der Waals surface area contributed by atoms with Crippen LogP contribution in [0.2, 0.25) is 0 Å². The zero-order valence-electron chi connectivity index (χ0n) is 16.3. The van der Waals surface area contributed by atoms with E-state index in [4.69, 9.17) is 9.73 Å². The number of rotatable bonds is 7. The van der Waals surface area contributed by atoms with Crippen molar-refractivity contribution in [1.82, 2.24) is 0 Å². The second kappa shape index (κ2) is 8.68. The van der Waals surface area contributed by atoms with Crippen LogP contribution in [0.15, 0.2) is 65.4 Å². The number of aliphatic imine (C=N–C) groups is 1. The second-order valence-corrected chi connectivity index (χ2v) is 7.01. The van der Waals surface area contributed by atoms with Crippen LogP contribution in [0.25, 0.3) is 0 Å². The summed E-state index contributed by atoms with van der Waals surface area (Å²) in [7, 11) is 0. The molecule has 0 aromatic heterocycles. The maximum absolute atomic E-state index is 9.29. The van der Waals surface area contributed by atoms with Gasteiger partial charge in [0.25, 0.3) is 0 Å². The van der Waals surface area contributed by atoms with Gasteiger partial charge in [-0.05, 0) is 42.0 Å². The van der Waals surface area contributed by atoms with E-state index < -0.39 is 0 Å². The van der Waals surface area contributed by atoms with E-state index in [9.17, 15) is 5.26 Å². The summed E-state index contributed by atoms with van der Waals surface area (Å²) in [5.74, 6) is 2.02. The Labute approximate surface area is 162 Å². The van der Waals surface area contributed by atoms with Crippen LogP contribution in [0, 0.1) is 11.3 Å². The van der Waals surface area contributed by atoms with Crippen LogP contribution in [0.1, 0.15) is 62.6 Å². The van der Waals surface area contributed by atoms with Crippen LogP contribution in [0.5, 0.6) is 5.75 Å². The third kappa shape index (κ3) is 4.28. The molecular formula is C24H26N2O. The maximum Gasteiger partial charge on any atom is 0.131 e. The average Bonchev–Trinajstić information content (AvgIpc) is 3.11. The van der Waals surface area contributed by atoms with Crippen LogP contribution in [-0.2, 0) is 0 Å². The summed E-state index contributed by atoms with van der Waals surface area (Å²) in [5.41, 5.74) is 3.82. The Morgan fingerprint density at radius 3 is 2.59 bits per heavy atom. The molecule has 1 heterocycles. The fraction of sp³-hybridized carbons (Fsp3) is 0.333. The lowest BCUT2D eigenvalue weighted by atomic mass is 9.96. The summed E-state index contributed by atoms with van der Waals surface area (Å²) in [6.45, 7) is 6.51. The van der Waals surface area contributed by atoms with E-state index in [1.54, 1.807) is 0 Å². The minimum Gasteiger partial charge on any atom is -0.459 e. The number of allylic oxidation sites excluding steroid dienone is 1. The zero-order valence-corrected chi connectivity index (χ0v) is 16.3. The molecule has 0 spiro atoms. The van der Waals surface area contributed by atoms with Gasteiger partial charge in [-0.1, -0.05) is 63.6 Å². The van der Waals surface area contributed by atoms with E-state index in [0.717, 1.165) is 47.6 Å². The van der Waals surface area contributed by atoms with Gasteiger partial charge in [-0.3, -0.25) is 4.99 Å². The molecule has 0 saturated heterocycles. The number of benzene rings is 2. The fourth-order valence-electron chi connectivity index (χ4n) is 3.29. The molecule has 1 aliphatic rings. The molecule has 3 nitrogen and oxygen atoms in total. The van der Waals surface area contributed by atoms with Crippen LogP contribution >= 0.6 is 0 Å². The highest BCUT2D eigenvalue weighted by Gasteiger charge is 2.24. The number of nitrogens with zero attached hydrogens (tertiary/aromatic N) is 2. The van der Waals surface area contributed by atoms with E-state index in [1.807, 2.05) is 36.4 Å². The van der Waals surface area contributed by atoms with Crippen molar-refractivity contribution in [1.29, 1.82) is 5.26 Å². The van der Waals surface area contributed by atoms with Gasteiger partial charge in [-0.2, -0.15) is 5.26 Å². The highest BCUT2D eigenvalue weighted by atomic mass is 16.5. The highest BCUT2D eigenvalue weighted by molar-refractivity contribution is 6.10. The van der Waals surface area contributed by atoms with Crippen molar-refractivity contribution >= 4 is 5.71 Å². The molecule has 1 aliphatic heterocycles. The molecule has 3 heteroatoms. The first kappa shape index (κ1) is 18.9. The smallest absolute Gasteiger partial charge is 0.131 e. The Balaban J connectivity index is 1.95. The maximum atomic E-state index is 9.29. The van der Waals surface area contributed by atoms with Gasteiger partial charge in [0.2, 0.25) is 0 Å². The topological polar surface area (TPSA) is 45.4 Å². The van der Waals surface area contributed by atoms with E-state index in [-0.39, 0.29) is 6.04 Å². The van der Waals surface area contributed by atoms with Crippen LogP contribution in [0.3, 0.4) is 0 Å². The lowest BCUT2D eigenvalue weighted by Gasteiger charge is -2.19. The van der Waals surface area contributed by atoms with Gasteiger partial charge in [-0.25, -0.2) is 0 Å². The monoisotopic (exact) mass is 358 g/mol. The molecule has 2 atom stereocenters. The standard InChI is InChI=1S/C24H26N2O/c1-4-9-21-24(15-22(26-21)19-10-7-6-8-11-19)27-23-14-18(16-25)12-13-20(23)17(3)5-2/h6-8,10-15,17,21H,4-5,9H2,1-3H3/t17-,21-/m1/s1. The summed E-state index contributed by atoms with van der Waals surface area (Å²) >= 11 is 0. The third-order valence-electron chi connectivity index (χ3n) is 5.05. The molecule has 0 unspecified atom stereocenters. The van der Waals surface area contributed by atoms with Gasteiger partial charge in [0.05, 0.1) is 17.3 Å². The minimum atomic E-state index is 0.0285. The first-order chi connectivity index (χ1) is 13.2. The van der Waals surface area contributed by atoms with Gasteiger partial charge in [0, 0.05) is 6.08 Å². The SMILES string of the molecule is CCC[C@H]1N=C(c2ccccc2)C=C1Oc1cc(C#N)ccc1[C@H](C)CC. The highest BCUT2D eigenvalue weighted by Crippen LogP contribution is 2.33. The Morgan fingerprint density at radius 2 is 1.93 bits per heavy atom. The quantitative estimate of drug-likeness (QED) is 0.609. The molecule has 0 radical (unpaired) electrons. The summed E-state index contributed by atoms with van der Waals surface area (Å²) in [4.78, 5) is 4.90. The van der Waals surface area contributed by atoms with Crippen LogP contribution < -0.4 is 4.74 Å². The molecule has 0 saturated carbocycles. The van der Waals surface area contributed by atoms with E-state index >= 15 is 0 Å². The largest absolute Gasteiger partial charge is 0.459 e. The van der Waals surface area contributed by atoms with Crippen molar-refractivity contribution in [2.45, 2.75) is 52.0 Å². The number of hydrogen-bond acceptors (Lipinski definition) is 3. The van der Waals surface area contributed by atoms with Crippen molar-refractivity contribution in [3.8, 4) is 11.8 Å². The third-order valence-corrected chi connectivity index (χ3v) is 5.05. The van der Waals surface area contributed by atoms with Gasteiger partial charge in [-0.15, -0.1) is 0 Å². The summed E-state index contributed by atoms with van der Waals surface area (Å²) < 4.78 is 6.38. The number of hydrogen-bond donors (Lipinski definition) is 0. The molecular weight excluding hydrogens is 332 g/mol. The molecule has 0 aliphatic carbocycles. The van der Waals surface area contributed by atoms with Crippen molar-refractivity contribution in [3.05, 3.63) is 77.1 Å². The molecule has 0 amide bonds. The molecule has 2 aromatic rings. The second-order valence-electron chi connectivity index (χ2n) is 7.01. The molecule has 27 heavy (non-hydrogen) atoms. The van der Waals surface area contributed by atoms with Crippen molar-refractivity contribution in [2.24, 2.45) is 4.99 Å².